The van der Waals surface area contributed by atoms with Crippen molar-refractivity contribution in [3.63, 3.8) is 0 Å². The van der Waals surface area contributed by atoms with E-state index in [4.69, 9.17) is 19.4 Å². The lowest BCUT2D eigenvalue weighted by atomic mass is 9.51. The first kappa shape index (κ1) is 40.5. The Bertz CT molecular complexity index is 1890. The van der Waals surface area contributed by atoms with Gasteiger partial charge in [0, 0.05) is 49.7 Å². The summed E-state index contributed by atoms with van der Waals surface area (Å²) in [4.78, 5) is 60.8. The minimum atomic E-state index is -0.648. The number of likely N-dealkylation sites (tertiary alicyclic amines) is 2. The van der Waals surface area contributed by atoms with Gasteiger partial charge in [-0.3, -0.25) is 9.59 Å². The number of ether oxygens (including phenoxy) is 2. The van der Waals surface area contributed by atoms with Crippen LogP contribution in [0.5, 0.6) is 0 Å². The lowest BCUT2D eigenvalue weighted by Gasteiger charge is -2.53. The molecule has 0 radical (unpaired) electrons. The van der Waals surface area contributed by atoms with Crippen LogP contribution in [0.1, 0.15) is 140 Å². The minimum absolute atomic E-state index is 0.0417. The number of imidazole rings is 2. The maximum absolute atomic E-state index is 14.0. The van der Waals surface area contributed by atoms with Crippen molar-refractivity contribution in [2.45, 2.75) is 146 Å². The molecule has 3 aromatic rings. The van der Waals surface area contributed by atoms with Crippen LogP contribution >= 0.6 is 0 Å². The largest absolute Gasteiger partial charge is 0.453 e. The fraction of sp³-hybridized carbons (Fsp3) is 0.667. The smallest absolute Gasteiger partial charge is 0.407 e. The van der Waals surface area contributed by atoms with Crippen LogP contribution in [0.3, 0.4) is 0 Å². The zero-order valence-electron chi connectivity index (χ0n) is 35.1. The predicted molar refractivity (Wildman–Crippen MR) is 221 cm³/mol. The summed E-state index contributed by atoms with van der Waals surface area (Å²) in [6, 6.07) is 8.41. The lowest BCUT2D eigenvalue weighted by molar-refractivity contribution is -0.136. The number of fused-ring (bicyclic) bond motifs is 3. The standard InChI is InChI=1S/C45H64N8O5/c1-28(2)37(48-32-14-24-58-25-15-32)41(54)52-22-6-8-34(52)39-46-26-33(49-39)30-10-12-31(13-11-30)44-16-19-45(20-17-44,21-18-44)36-27-47-40(50-36)35-9-7-23-53(35)42(55)38(29(3)4)51-43(56)57-5/h10-13,26-29,32,34-35,37-38,48H,6-9,14-25H2,1-5H3,(H,46,49)(H,47,50)(H,51,56). The third kappa shape index (κ3) is 7.80. The summed E-state index contributed by atoms with van der Waals surface area (Å²) in [5.74, 6) is 1.95. The van der Waals surface area contributed by atoms with Gasteiger partial charge in [0.05, 0.1) is 37.1 Å². The number of alkyl carbamates (subject to hydrolysis) is 1. The number of methoxy groups -OCH3 is 1. The molecule has 13 heteroatoms. The Morgan fingerprint density at radius 1 is 0.759 bits per heavy atom. The molecule has 3 aliphatic carbocycles. The molecule has 13 nitrogen and oxygen atoms in total. The van der Waals surface area contributed by atoms with Gasteiger partial charge >= 0.3 is 6.09 Å². The average molecular weight is 797 g/mol. The highest BCUT2D eigenvalue weighted by Gasteiger charge is 2.51. The van der Waals surface area contributed by atoms with Gasteiger partial charge in [-0.05, 0) is 105 Å². The molecule has 58 heavy (non-hydrogen) atoms. The molecule has 4 atom stereocenters. The van der Waals surface area contributed by atoms with E-state index in [9.17, 15) is 14.4 Å². The molecule has 3 saturated carbocycles. The second kappa shape index (κ2) is 16.8. The normalized spacial score (nSPS) is 27.4. The molecular formula is C45H64N8O5. The van der Waals surface area contributed by atoms with E-state index in [2.05, 4.69) is 63.6 Å². The van der Waals surface area contributed by atoms with Crippen molar-refractivity contribution in [3.8, 4) is 11.3 Å². The van der Waals surface area contributed by atoms with Gasteiger partial charge in [-0.25, -0.2) is 14.8 Å². The summed E-state index contributed by atoms with van der Waals surface area (Å²) in [6.07, 6.45) is 15.6. The number of hydrogen-bond donors (Lipinski definition) is 4. The van der Waals surface area contributed by atoms with Crippen LogP contribution in [0.2, 0.25) is 0 Å². The highest BCUT2D eigenvalue weighted by atomic mass is 16.5. The molecule has 314 valence electrons. The maximum Gasteiger partial charge on any atom is 0.407 e. The summed E-state index contributed by atoms with van der Waals surface area (Å²) >= 11 is 0. The van der Waals surface area contributed by atoms with Gasteiger partial charge in [-0.15, -0.1) is 0 Å². The number of nitrogens with zero attached hydrogens (tertiary/aromatic N) is 4. The molecule has 3 amide bonds. The molecule has 2 bridgehead atoms. The first-order valence-electron chi connectivity index (χ1n) is 22.0. The van der Waals surface area contributed by atoms with Gasteiger partial charge in [-0.2, -0.15) is 0 Å². The Labute approximate surface area is 343 Å². The number of carbonyl (C=O) groups is 3. The molecular weight excluding hydrogens is 733 g/mol. The van der Waals surface area contributed by atoms with Gasteiger partial charge in [0.25, 0.3) is 0 Å². The van der Waals surface area contributed by atoms with E-state index in [0.29, 0.717) is 12.6 Å². The molecule has 1 aromatic carbocycles. The number of benzene rings is 1. The number of hydrogen-bond acceptors (Lipinski definition) is 8. The van der Waals surface area contributed by atoms with E-state index in [1.54, 1.807) is 0 Å². The Balaban J connectivity index is 0.901. The van der Waals surface area contributed by atoms with Crippen molar-refractivity contribution in [2.24, 2.45) is 11.8 Å². The molecule has 0 spiro atoms. The molecule has 5 heterocycles. The third-order valence-electron chi connectivity index (χ3n) is 14.5. The number of carbonyl (C=O) groups excluding carboxylic acids is 3. The summed E-state index contributed by atoms with van der Waals surface area (Å²) in [7, 11) is 1.32. The zero-order valence-corrected chi connectivity index (χ0v) is 35.1. The van der Waals surface area contributed by atoms with Gasteiger partial charge < -0.3 is 39.9 Å². The Hall–Kier alpha value is -4.23. The quantitative estimate of drug-likeness (QED) is 0.155. The molecule has 3 aliphatic heterocycles. The van der Waals surface area contributed by atoms with Crippen LogP contribution in [-0.4, -0.2) is 99.2 Å². The van der Waals surface area contributed by atoms with Gasteiger partial charge in [0.1, 0.15) is 17.7 Å². The number of aromatic nitrogens is 4. The number of H-pyrrole nitrogens is 2. The number of amides is 3. The second-order valence-electron chi connectivity index (χ2n) is 18.5. The van der Waals surface area contributed by atoms with E-state index in [1.807, 2.05) is 31.1 Å². The highest BCUT2D eigenvalue weighted by Crippen LogP contribution is 2.58. The summed E-state index contributed by atoms with van der Waals surface area (Å²) < 4.78 is 10.4. The number of aromatic amines is 2. The van der Waals surface area contributed by atoms with Crippen molar-refractivity contribution in [1.82, 2.24) is 40.4 Å². The first-order chi connectivity index (χ1) is 28.0. The average Bonchev–Trinajstić information content (AvgIpc) is 4.09. The van der Waals surface area contributed by atoms with Gasteiger partial charge in [0.2, 0.25) is 11.8 Å². The zero-order chi connectivity index (χ0) is 40.6. The number of nitrogens with one attached hydrogen (secondary N) is 4. The molecule has 9 rings (SSSR count). The molecule has 6 fully saturated rings. The fourth-order valence-corrected chi connectivity index (χ4v) is 10.8. The SMILES string of the molecule is COC(=O)NC(C(=O)N1CCCC1c1ncc(C23CCC(c4ccc(-c5cnc(C6CCCN6C(=O)C(NC6CCOCC6)C(C)C)[nH]5)cc4)(CC2)CC3)[nH]1)C(C)C. The molecule has 6 aliphatic rings. The Kier molecular flexibility index (Phi) is 11.7. The van der Waals surface area contributed by atoms with Crippen LogP contribution in [-0.2, 0) is 29.9 Å². The summed E-state index contributed by atoms with van der Waals surface area (Å²) in [6.45, 7) is 11.1. The van der Waals surface area contributed by atoms with Gasteiger partial charge in [-0.1, -0.05) is 52.0 Å². The minimum Gasteiger partial charge on any atom is -0.453 e. The fourth-order valence-electron chi connectivity index (χ4n) is 10.8. The maximum atomic E-state index is 14.0. The molecule has 2 aromatic heterocycles. The van der Waals surface area contributed by atoms with Crippen molar-refractivity contribution < 1.29 is 23.9 Å². The summed E-state index contributed by atoms with van der Waals surface area (Å²) in [5.41, 5.74) is 4.96. The van der Waals surface area contributed by atoms with E-state index in [-0.39, 0.29) is 52.6 Å². The lowest BCUT2D eigenvalue weighted by Crippen LogP contribution is -2.53. The van der Waals surface area contributed by atoms with Crippen molar-refractivity contribution in [1.29, 1.82) is 0 Å². The van der Waals surface area contributed by atoms with Crippen LogP contribution in [0.15, 0.2) is 36.7 Å². The predicted octanol–water partition coefficient (Wildman–Crippen LogP) is 6.84. The van der Waals surface area contributed by atoms with E-state index in [0.717, 1.165) is 120 Å². The van der Waals surface area contributed by atoms with Crippen LogP contribution in [0.4, 0.5) is 4.79 Å². The van der Waals surface area contributed by atoms with Crippen LogP contribution in [0, 0.1) is 11.8 Å². The second-order valence-corrected chi connectivity index (χ2v) is 18.5. The van der Waals surface area contributed by atoms with E-state index < -0.39 is 12.1 Å². The monoisotopic (exact) mass is 796 g/mol. The van der Waals surface area contributed by atoms with Crippen molar-refractivity contribution in [3.05, 3.63) is 59.6 Å². The van der Waals surface area contributed by atoms with Crippen LogP contribution in [0.25, 0.3) is 11.3 Å². The topological polar surface area (TPSA) is 158 Å². The number of rotatable bonds is 12. The molecule has 4 unspecified atom stereocenters. The van der Waals surface area contributed by atoms with Crippen LogP contribution < -0.4 is 10.6 Å². The van der Waals surface area contributed by atoms with Crippen molar-refractivity contribution >= 4 is 17.9 Å². The molecule has 3 saturated heterocycles. The third-order valence-corrected chi connectivity index (χ3v) is 14.5. The van der Waals surface area contributed by atoms with E-state index in [1.165, 1.54) is 18.4 Å². The Morgan fingerprint density at radius 2 is 1.31 bits per heavy atom. The molecule has 4 N–H and O–H groups in total. The van der Waals surface area contributed by atoms with Crippen molar-refractivity contribution in [2.75, 3.05) is 33.4 Å². The summed E-state index contributed by atoms with van der Waals surface area (Å²) in [5, 5.41) is 6.43. The highest BCUT2D eigenvalue weighted by molar-refractivity contribution is 5.86. The van der Waals surface area contributed by atoms with E-state index >= 15 is 0 Å². The van der Waals surface area contributed by atoms with Gasteiger partial charge in [0.15, 0.2) is 0 Å². The Morgan fingerprint density at radius 3 is 1.90 bits per heavy atom. The first-order valence-corrected chi connectivity index (χ1v) is 22.0.